The highest BCUT2D eigenvalue weighted by Gasteiger charge is 2.24. The molecule has 106 valence electrons. The number of rotatable bonds is 5. The smallest absolute Gasteiger partial charge is 0.223 e. The maximum absolute atomic E-state index is 11.9. The summed E-state index contributed by atoms with van der Waals surface area (Å²) in [6.07, 6.45) is -0.490. The Hall–Kier alpha value is -1.06. The molecule has 1 rings (SSSR count). The van der Waals surface area contributed by atoms with Crippen LogP contribution in [0.25, 0.3) is 0 Å². The summed E-state index contributed by atoms with van der Waals surface area (Å²) in [5.41, 5.74) is 0.488. The van der Waals surface area contributed by atoms with Crippen LogP contribution in [0.15, 0.2) is 24.3 Å². The molecule has 0 heterocycles. The molecule has 0 radical (unpaired) electrons. The molecule has 1 unspecified atom stereocenters. The van der Waals surface area contributed by atoms with E-state index in [1.807, 2.05) is 39.8 Å². The van der Waals surface area contributed by atoms with Crippen molar-refractivity contribution < 1.29 is 9.90 Å². The molecule has 0 bridgehead atoms. The normalized spacial score (nSPS) is 13.4. The number of carbonyl (C=O) groups is 1. The van der Waals surface area contributed by atoms with Gasteiger partial charge in [-0.1, -0.05) is 37.6 Å². The SMILES string of the molecule is CC(C)C(O)CC(=O)NC(C)(C)c1ccc(Cl)cc1. The third kappa shape index (κ3) is 4.84. The van der Waals surface area contributed by atoms with Crippen molar-refractivity contribution in [1.82, 2.24) is 5.32 Å². The van der Waals surface area contributed by atoms with Gasteiger partial charge in [0.1, 0.15) is 0 Å². The first kappa shape index (κ1) is 16.0. The first-order valence-corrected chi connectivity index (χ1v) is 6.85. The van der Waals surface area contributed by atoms with Crippen LogP contribution < -0.4 is 5.32 Å². The second-order valence-corrected chi connectivity index (χ2v) is 6.13. The summed E-state index contributed by atoms with van der Waals surface area (Å²) in [6, 6.07) is 7.38. The van der Waals surface area contributed by atoms with Gasteiger partial charge in [-0.2, -0.15) is 0 Å². The van der Waals surface area contributed by atoms with E-state index in [-0.39, 0.29) is 18.2 Å². The van der Waals surface area contributed by atoms with Gasteiger partial charge in [-0.3, -0.25) is 4.79 Å². The number of carbonyl (C=O) groups excluding carboxylic acids is 1. The minimum Gasteiger partial charge on any atom is -0.392 e. The van der Waals surface area contributed by atoms with E-state index in [1.165, 1.54) is 0 Å². The Bertz CT molecular complexity index is 426. The molecule has 0 aliphatic rings. The van der Waals surface area contributed by atoms with Gasteiger partial charge in [0.25, 0.3) is 0 Å². The highest BCUT2D eigenvalue weighted by molar-refractivity contribution is 6.30. The third-order valence-electron chi connectivity index (χ3n) is 3.18. The van der Waals surface area contributed by atoms with Gasteiger partial charge in [-0.15, -0.1) is 0 Å². The van der Waals surface area contributed by atoms with Crippen LogP contribution in [-0.2, 0) is 10.3 Å². The lowest BCUT2D eigenvalue weighted by Crippen LogP contribution is -2.42. The Morgan fingerprint density at radius 2 is 1.84 bits per heavy atom. The largest absolute Gasteiger partial charge is 0.392 e. The monoisotopic (exact) mass is 283 g/mol. The van der Waals surface area contributed by atoms with Crippen LogP contribution in [0.1, 0.15) is 39.7 Å². The molecule has 3 nitrogen and oxygen atoms in total. The molecule has 19 heavy (non-hydrogen) atoms. The average molecular weight is 284 g/mol. The first-order chi connectivity index (χ1) is 8.72. The summed E-state index contributed by atoms with van der Waals surface area (Å²) < 4.78 is 0. The number of hydrogen-bond donors (Lipinski definition) is 2. The molecule has 1 atom stereocenters. The topological polar surface area (TPSA) is 49.3 Å². The van der Waals surface area contributed by atoms with Crippen molar-refractivity contribution in [3.05, 3.63) is 34.9 Å². The lowest BCUT2D eigenvalue weighted by Gasteiger charge is -2.28. The lowest BCUT2D eigenvalue weighted by molar-refractivity contribution is -0.125. The van der Waals surface area contributed by atoms with Gasteiger partial charge < -0.3 is 10.4 Å². The highest BCUT2D eigenvalue weighted by atomic mass is 35.5. The molecule has 0 saturated carbocycles. The Kier molecular flexibility index (Phi) is 5.39. The Morgan fingerprint density at radius 3 is 2.32 bits per heavy atom. The van der Waals surface area contributed by atoms with Crippen LogP contribution >= 0.6 is 11.6 Å². The number of aliphatic hydroxyl groups is 1. The van der Waals surface area contributed by atoms with Gasteiger partial charge >= 0.3 is 0 Å². The van der Waals surface area contributed by atoms with Crippen molar-refractivity contribution in [3.63, 3.8) is 0 Å². The van der Waals surface area contributed by atoms with E-state index >= 15 is 0 Å². The van der Waals surface area contributed by atoms with Crippen LogP contribution in [0.2, 0.25) is 5.02 Å². The fraction of sp³-hybridized carbons (Fsp3) is 0.533. The number of amides is 1. The second kappa shape index (κ2) is 6.40. The predicted octanol–water partition coefficient (Wildman–Crippen LogP) is 3.10. The number of benzene rings is 1. The summed E-state index contributed by atoms with van der Waals surface area (Å²) in [6.45, 7) is 7.64. The van der Waals surface area contributed by atoms with E-state index in [4.69, 9.17) is 11.6 Å². The van der Waals surface area contributed by atoms with E-state index in [0.717, 1.165) is 5.56 Å². The molecule has 0 spiro atoms. The average Bonchev–Trinajstić information content (AvgIpc) is 2.28. The van der Waals surface area contributed by atoms with E-state index in [1.54, 1.807) is 12.1 Å². The maximum Gasteiger partial charge on any atom is 0.223 e. The molecule has 2 N–H and O–H groups in total. The zero-order valence-electron chi connectivity index (χ0n) is 11.9. The molecule has 1 aromatic rings. The number of hydrogen-bond acceptors (Lipinski definition) is 2. The maximum atomic E-state index is 11.9. The highest BCUT2D eigenvalue weighted by Crippen LogP contribution is 2.22. The van der Waals surface area contributed by atoms with Crippen molar-refractivity contribution in [1.29, 1.82) is 0 Å². The number of aliphatic hydroxyl groups excluding tert-OH is 1. The fourth-order valence-corrected chi connectivity index (χ4v) is 1.89. The summed E-state index contributed by atoms with van der Waals surface area (Å²) in [5.74, 6) is -0.0782. The molecule has 1 aromatic carbocycles. The Balaban J connectivity index is 2.68. The van der Waals surface area contributed by atoms with Crippen LogP contribution in [0.4, 0.5) is 0 Å². The zero-order chi connectivity index (χ0) is 14.6. The molecule has 0 aliphatic carbocycles. The number of nitrogens with one attached hydrogen (secondary N) is 1. The number of halogens is 1. The molecule has 0 saturated heterocycles. The standard InChI is InChI=1S/C15H22ClNO2/c1-10(2)13(18)9-14(19)17-15(3,4)11-5-7-12(16)8-6-11/h5-8,10,13,18H,9H2,1-4H3,(H,17,19). The summed E-state index contributed by atoms with van der Waals surface area (Å²) in [5, 5.41) is 13.3. The quantitative estimate of drug-likeness (QED) is 0.872. The van der Waals surface area contributed by atoms with Crippen LogP contribution in [0, 0.1) is 5.92 Å². The fourth-order valence-electron chi connectivity index (χ4n) is 1.76. The third-order valence-corrected chi connectivity index (χ3v) is 3.43. The van der Waals surface area contributed by atoms with Crippen molar-refractivity contribution in [2.75, 3.05) is 0 Å². The summed E-state index contributed by atoms with van der Waals surface area (Å²) in [7, 11) is 0. The molecule has 1 amide bonds. The lowest BCUT2D eigenvalue weighted by atomic mass is 9.93. The minimum atomic E-state index is -0.610. The Labute approximate surface area is 120 Å². The molecular formula is C15H22ClNO2. The van der Waals surface area contributed by atoms with Gasteiger partial charge in [0.2, 0.25) is 5.91 Å². The van der Waals surface area contributed by atoms with Crippen molar-refractivity contribution in [2.24, 2.45) is 5.92 Å². The van der Waals surface area contributed by atoms with Gasteiger partial charge in [-0.25, -0.2) is 0 Å². The van der Waals surface area contributed by atoms with E-state index in [2.05, 4.69) is 5.32 Å². The van der Waals surface area contributed by atoms with E-state index in [0.29, 0.717) is 5.02 Å². The van der Waals surface area contributed by atoms with E-state index in [9.17, 15) is 9.90 Å². The molecule has 4 heteroatoms. The van der Waals surface area contributed by atoms with E-state index < -0.39 is 11.6 Å². The summed E-state index contributed by atoms with van der Waals surface area (Å²) in [4.78, 5) is 11.9. The predicted molar refractivity (Wildman–Crippen MR) is 78.1 cm³/mol. The van der Waals surface area contributed by atoms with Crippen LogP contribution in [0.5, 0.6) is 0 Å². The molecule has 0 aliphatic heterocycles. The molecule has 0 fully saturated rings. The van der Waals surface area contributed by atoms with Gasteiger partial charge in [0, 0.05) is 5.02 Å². The van der Waals surface area contributed by atoms with Crippen molar-refractivity contribution in [3.8, 4) is 0 Å². The van der Waals surface area contributed by atoms with Gasteiger partial charge in [0.15, 0.2) is 0 Å². The summed E-state index contributed by atoms with van der Waals surface area (Å²) >= 11 is 5.85. The van der Waals surface area contributed by atoms with Crippen LogP contribution in [-0.4, -0.2) is 17.1 Å². The van der Waals surface area contributed by atoms with Crippen molar-refractivity contribution >= 4 is 17.5 Å². The van der Waals surface area contributed by atoms with Gasteiger partial charge in [0.05, 0.1) is 18.1 Å². The first-order valence-electron chi connectivity index (χ1n) is 6.47. The van der Waals surface area contributed by atoms with Crippen LogP contribution in [0.3, 0.4) is 0 Å². The van der Waals surface area contributed by atoms with Crippen molar-refractivity contribution in [2.45, 2.75) is 45.8 Å². The van der Waals surface area contributed by atoms with Gasteiger partial charge in [-0.05, 0) is 37.5 Å². The molecular weight excluding hydrogens is 262 g/mol. The minimum absolute atomic E-state index is 0.0735. The zero-order valence-corrected chi connectivity index (χ0v) is 12.7. The molecule has 0 aromatic heterocycles. The second-order valence-electron chi connectivity index (χ2n) is 5.70. The Morgan fingerprint density at radius 1 is 1.32 bits per heavy atom.